The highest BCUT2D eigenvalue weighted by atomic mass is 16.5. The second-order valence-electron chi connectivity index (χ2n) is 5.82. The van der Waals surface area contributed by atoms with Crippen molar-refractivity contribution in [1.82, 2.24) is 5.32 Å². The first-order chi connectivity index (χ1) is 8.17. The van der Waals surface area contributed by atoms with Gasteiger partial charge in [-0.1, -0.05) is 6.92 Å². The Bertz CT molecular complexity index is 246. The number of hydrogen-bond acceptors (Lipinski definition) is 3. The maximum absolute atomic E-state index is 5.89. The van der Waals surface area contributed by atoms with Crippen molar-refractivity contribution >= 4 is 0 Å². The lowest BCUT2D eigenvalue weighted by molar-refractivity contribution is -0.0807. The first-order valence-corrected chi connectivity index (χ1v) is 7.09. The Morgan fingerprint density at radius 1 is 1.35 bits per heavy atom. The number of methoxy groups -OCH3 is 1. The van der Waals surface area contributed by atoms with Crippen molar-refractivity contribution in [3.05, 3.63) is 0 Å². The number of nitrogens with one attached hydrogen (secondary N) is 1. The molecule has 17 heavy (non-hydrogen) atoms. The van der Waals surface area contributed by atoms with Gasteiger partial charge < -0.3 is 14.8 Å². The van der Waals surface area contributed by atoms with Crippen LogP contribution in [0.3, 0.4) is 0 Å². The van der Waals surface area contributed by atoms with E-state index in [0.717, 1.165) is 25.9 Å². The summed E-state index contributed by atoms with van der Waals surface area (Å²) >= 11 is 0. The summed E-state index contributed by atoms with van der Waals surface area (Å²) in [5, 5.41) is 3.80. The summed E-state index contributed by atoms with van der Waals surface area (Å²) in [6.45, 7) is 5.35. The molecule has 1 saturated heterocycles. The third-order valence-corrected chi connectivity index (χ3v) is 4.55. The van der Waals surface area contributed by atoms with Crippen LogP contribution >= 0.6 is 0 Å². The Hall–Kier alpha value is -0.120. The second-order valence-corrected chi connectivity index (χ2v) is 5.82. The molecule has 1 heterocycles. The lowest BCUT2D eigenvalue weighted by Crippen LogP contribution is -2.50. The van der Waals surface area contributed by atoms with Gasteiger partial charge in [-0.15, -0.1) is 0 Å². The number of hydrogen-bond donors (Lipinski definition) is 1. The Morgan fingerprint density at radius 3 is 2.88 bits per heavy atom. The summed E-state index contributed by atoms with van der Waals surface area (Å²) in [5.41, 5.74) is 0.0804. The van der Waals surface area contributed by atoms with Crippen molar-refractivity contribution in [1.29, 1.82) is 0 Å². The predicted molar refractivity (Wildman–Crippen MR) is 69.2 cm³/mol. The van der Waals surface area contributed by atoms with Crippen molar-refractivity contribution in [3.8, 4) is 0 Å². The van der Waals surface area contributed by atoms with E-state index < -0.39 is 0 Å². The smallest absolute Gasteiger partial charge is 0.0724 e. The predicted octanol–water partition coefficient (Wildman–Crippen LogP) is 2.49. The molecule has 2 rings (SSSR count). The molecule has 100 valence electrons. The molecule has 2 fully saturated rings. The fourth-order valence-electron chi connectivity index (χ4n) is 3.22. The van der Waals surface area contributed by atoms with Gasteiger partial charge in [-0.3, -0.25) is 0 Å². The Kier molecular flexibility index (Phi) is 4.45. The van der Waals surface area contributed by atoms with Crippen LogP contribution < -0.4 is 5.32 Å². The molecule has 1 saturated carbocycles. The zero-order valence-electron chi connectivity index (χ0n) is 11.5. The molecule has 4 unspecified atom stereocenters. The van der Waals surface area contributed by atoms with Crippen LogP contribution in [0, 0.1) is 0 Å². The highest BCUT2D eigenvalue weighted by molar-refractivity contribution is 4.91. The average molecular weight is 241 g/mol. The molecule has 2 aliphatic rings. The van der Waals surface area contributed by atoms with E-state index in [1.54, 1.807) is 0 Å². The third-order valence-electron chi connectivity index (χ3n) is 4.55. The van der Waals surface area contributed by atoms with Crippen molar-refractivity contribution in [3.63, 3.8) is 0 Å². The summed E-state index contributed by atoms with van der Waals surface area (Å²) in [6, 6.07) is 1.17. The maximum atomic E-state index is 5.89. The highest BCUT2D eigenvalue weighted by Crippen LogP contribution is 2.30. The van der Waals surface area contributed by atoms with E-state index in [4.69, 9.17) is 9.47 Å². The quantitative estimate of drug-likeness (QED) is 0.820. The van der Waals surface area contributed by atoms with E-state index in [2.05, 4.69) is 19.2 Å². The van der Waals surface area contributed by atoms with E-state index in [-0.39, 0.29) is 5.60 Å². The summed E-state index contributed by atoms with van der Waals surface area (Å²) in [7, 11) is 1.84. The Morgan fingerprint density at radius 2 is 2.18 bits per heavy atom. The zero-order chi connectivity index (χ0) is 12.3. The standard InChI is InChI=1S/C14H27NO2/c1-4-14(2)10-11(8-9-17-14)15-12-6-5-7-13(12)16-3/h11-13,15H,4-10H2,1-3H3. The molecule has 3 nitrogen and oxygen atoms in total. The maximum Gasteiger partial charge on any atom is 0.0724 e. The van der Waals surface area contributed by atoms with E-state index in [1.807, 2.05) is 7.11 Å². The topological polar surface area (TPSA) is 30.5 Å². The van der Waals surface area contributed by atoms with Crippen molar-refractivity contribution in [2.45, 2.75) is 76.2 Å². The van der Waals surface area contributed by atoms with Gasteiger partial charge >= 0.3 is 0 Å². The molecule has 0 bridgehead atoms. The van der Waals surface area contributed by atoms with Gasteiger partial charge in [0.1, 0.15) is 0 Å². The average Bonchev–Trinajstić information content (AvgIpc) is 2.76. The molecule has 0 aromatic carbocycles. The molecule has 1 N–H and O–H groups in total. The molecule has 0 radical (unpaired) electrons. The molecular formula is C14H27NO2. The van der Waals surface area contributed by atoms with Gasteiger partial charge in [0.05, 0.1) is 11.7 Å². The van der Waals surface area contributed by atoms with Crippen molar-refractivity contribution in [2.24, 2.45) is 0 Å². The summed E-state index contributed by atoms with van der Waals surface area (Å²) in [4.78, 5) is 0. The minimum atomic E-state index is 0.0804. The van der Waals surface area contributed by atoms with Crippen LogP contribution in [0.2, 0.25) is 0 Å². The van der Waals surface area contributed by atoms with Crippen molar-refractivity contribution in [2.75, 3.05) is 13.7 Å². The van der Waals surface area contributed by atoms with Gasteiger partial charge in [-0.25, -0.2) is 0 Å². The molecule has 4 atom stereocenters. The van der Waals surface area contributed by atoms with Gasteiger partial charge in [0.25, 0.3) is 0 Å². The van der Waals surface area contributed by atoms with Gasteiger partial charge in [0, 0.05) is 25.8 Å². The van der Waals surface area contributed by atoms with E-state index in [9.17, 15) is 0 Å². The van der Waals surface area contributed by atoms with E-state index >= 15 is 0 Å². The molecule has 0 aromatic heterocycles. The van der Waals surface area contributed by atoms with Crippen LogP contribution in [-0.4, -0.2) is 37.5 Å². The number of rotatable bonds is 4. The third kappa shape index (κ3) is 3.21. The van der Waals surface area contributed by atoms with Gasteiger partial charge in [0.2, 0.25) is 0 Å². The Labute approximate surface area is 105 Å². The monoisotopic (exact) mass is 241 g/mol. The lowest BCUT2D eigenvalue weighted by atomic mass is 9.89. The lowest BCUT2D eigenvalue weighted by Gasteiger charge is -2.39. The minimum Gasteiger partial charge on any atom is -0.380 e. The fourth-order valence-corrected chi connectivity index (χ4v) is 3.22. The molecule has 1 aliphatic carbocycles. The van der Waals surface area contributed by atoms with Crippen molar-refractivity contribution < 1.29 is 9.47 Å². The zero-order valence-corrected chi connectivity index (χ0v) is 11.5. The van der Waals surface area contributed by atoms with Crippen LogP contribution in [0.4, 0.5) is 0 Å². The number of ether oxygens (including phenoxy) is 2. The molecule has 1 aliphatic heterocycles. The summed E-state index contributed by atoms with van der Waals surface area (Å²) in [5.74, 6) is 0. The van der Waals surface area contributed by atoms with Gasteiger partial charge in [-0.05, 0) is 45.4 Å². The summed E-state index contributed by atoms with van der Waals surface area (Å²) < 4.78 is 11.4. The molecule has 0 amide bonds. The minimum absolute atomic E-state index is 0.0804. The van der Waals surface area contributed by atoms with Gasteiger partial charge in [0.15, 0.2) is 0 Å². The van der Waals surface area contributed by atoms with Crippen LogP contribution in [0.5, 0.6) is 0 Å². The van der Waals surface area contributed by atoms with Crippen LogP contribution in [-0.2, 0) is 9.47 Å². The van der Waals surface area contributed by atoms with Crippen LogP contribution in [0.1, 0.15) is 52.4 Å². The summed E-state index contributed by atoms with van der Waals surface area (Å²) in [6.07, 6.45) is 7.57. The SMILES string of the molecule is CCC1(C)CC(NC2CCCC2OC)CCO1. The van der Waals surface area contributed by atoms with Crippen LogP contribution in [0.25, 0.3) is 0 Å². The van der Waals surface area contributed by atoms with E-state index in [0.29, 0.717) is 18.2 Å². The van der Waals surface area contributed by atoms with E-state index in [1.165, 1.54) is 19.3 Å². The molecule has 0 spiro atoms. The normalized spacial score (nSPS) is 42.9. The van der Waals surface area contributed by atoms with Crippen LogP contribution in [0.15, 0.2) is 0 Å². The molecule has 0 aromatic rings. The highest BCUT2D eigenvalue weighted by Gasteiger charge is 2.35. The second kappa shape index (κ2) is 5.68. The fraction of sp³-hybridized carbons (Fsp3) is 1.00. The first-order valence-electron chi connectivity index (χ1n) is 7.09. The first kappa shape index (κ1) is 13.3. The molecular weight excluding hydrogens is 214 g/mol. The van der Waals surface area contributed by atoms with Gasteiger partial charge in [-0.2, -0.15) is 0 Å². The molecule has 3 heteroatoms. The Balaban J connectivity index is 1.86. The largest absolute Gasteiger partial charge is 0.380 e.